The van der Waals surface area contributed by atoms with Crippen molar-refractivity contribution >= 4 is 11.6 Å². The van der Waals surface area contributed by atoms with Crippen molar-refractivity contribution in [2.45, 2.75) is 57.0 Å². The van der Waals surface area contributed by atoms with E-state index in [9.17, 15) is 0 Å². The normalized spacial score (nSPS) is 24.7. The van der Waals surface area contributed by atoms with E-state index >= 15 is 0 Å². The SMILES string of the molecule is C[C@@H](c1ccc(Cl)cc1)N1CCC2(CCCCC2)NC1. The smallest absolute Gasteiger partial charge is 0.0490 e. The molecular formula is C17H25ClN2. The molecule has 1 heterocycles. The molecule has 3 rings (SSSR count). The zero-order chi connectivity index (χ0) is 14.0. The highest BCUT2D eigenvalue weighted by Crippen LogP contribution is 2.34. The van der Waals surface area contributed by atoms with E-state index in [4.69, 9.17) is 11.6 Å². The third-order valence-electron chi connectivity index (χ3n) is 5.25. The van der Waals surface area contributed by atoms with Crippen LogP contribution in [0.3, 0.4) is 0 Å². The van der Waals surface area contributed by atoms with Crippen molar-refractivity contribution in [3.63, 3.8) is 0 Å². The first-order valence-electron chi connectivity index (χ1n) is 7.93. The summed E-state index contributed by atoms with van der Waals surface area (Å²) in [5, 5.41) is 4.66. The van der Waals surface area contributed by atoms with Crippen molar-refractivity contribution in [3.8, 4) is 0 Å². The molecule has 1 aliphatic heterocycles. The molecule has 3 heteroatoms. The van der Waals surface area contributed by atoms with Crippen molar-refractivity contribution in [1.29, 1.82) is 0 Å². The van der Waals surface area contributed by atoms with Gasteiger partial charge in [0.1, 0.15) is 0 Å². The van der Waals surface area contributed by atoms with Crippen LogP contribution in [0.4, 0.5) is 0 Å². The molecule has 0 bridgehead atoms. The van der Waals surface area contributed by atoms with Crippen LogP contribution in [-0.4, -0.2) is 23.7 Å². The quantitative estimate of drug-likeness (QED) is 0.871. The van der Waals surface area contributed by atoms with Gasteiger partial charge in [-0.1, -0.05) is 43.0 Å². The molecule has 0 amide bonds. The molecule has 0 unspecified atom stereocenters. The summed E-state index contributed by atoms with van der Waals surface area (Å²) in [7, 11) is 0. The second-order valence-corrected chi connectivity index (χ2v) is 6.90. The van der Waals surface area contributed by atoms with E-state index in [1.165, 1.54) is 50.6 Å². The summed E-state index contributed by atoms with van der Waals surface area (Å²) in [6.07, 6.45) is 8.27. The van der Waals surface area contributed by atoms with Crippen molar-refractivity contribution in [2.75, 3.05) is 13.2 Å². The van der Waals surface area contributed by atoms with Crippen LogP contribution >= 0.6 is 11.6 Å². The van der Waals surface area contributed by atoms with Crippen LogP contribution in [-0.2, 0) is 0 Å². The van der Waals surface area contributed by atoms with Gasteiger partial charge >= 0.3 is 0 Å². The monoisotopic (exact) mass is 292 g/mol. The predicted molar refractivity (Wildman–Crippen MR) is 85.0 cm³/mol. The van der Waals surface area contributed by atoms with Gasteiger partial charge in [0.2, 0.25) is 0 Å². The Bertz CT molecular complexity index is 427. The van der Waals surface area contributed by atoms with Crippen LogP contribution in [0.1, 0.15) is 57.1 Å². The lowest BCUT2D eigenvalue weighted by molar-refractivity contribution is 0.0696. The van der Waals surface area contributed by atoms with E-state index in [-0.39, 0.29) is 0 Å². The van der Waals surface area contributed by atoms with Crippen LogP contribution in [0.25, 0.3) is 0 Å². The molecule has 1 saturated heterocycles. The maximum absolute atomic E-state index is 5.97. The van der Waals surface area contributed by atoms with Gasteiger partial charge in [0.15, 0.2) is 0 Å². The molecule has 2 fully saturated rings. The standard InChI is InChI=1S/C17H25ClN2/c1-14(15-5-7-16(18)8-6-15)20-12-11-17(19-13-20)9-3-2-4-10-17/h5-8,14,19H,2-4,9-13H2,1H3/t14-/m0/s1. The summed E-state index contributed by atoms with van der Waals surface area (Å²) in [6, 6.07) is 8.75. The third-order valence-corrected chi connectivity index (χ3v) is 5.50. The summed E-state index contributed by atoms with van der Waals surface area (Å²) in [5.41, 5.74) is 1.81. The zero-order valence-electron chi connectivity index (χ0n) is 12.4. The second-order valence-electron chi connectivity index (χ2n) is 6.47. The first-order chi connectivity index (χ1) is 9.69. The number of halogens is 1. The Kier molecular flexibility index (Phi) is 4.34. The van der Waals surface area contributed by atoms with E-state index in [1.807, 2.05) is 12.1 Å². The topological polar surface area (TPSA) is 15.3 Å². The Labute approximate surface area is 127 Å². The Morgan fingerprint density at radius 3 is 2.40 bits per heavy atom. The van der Waals surface area contributed by atoms with E-state index < -0.39 is 0 Å². The predicted octanol–water partition coefficient (Wildman–Crippen LogP) is 4.36. The van der Waals surface area contributed by atoms with Gasteiger partial charge in [-0.15, -0.1) is 0 Å². The number of nitrogens with one attached hydrogen (secondary N) is 1. The fraction of sp³-hybridized carbons (Fsp3) is 0.647. The summed E-state index contributed by atoms with van der Waals surface area (Å²) in [6.45, 7) is 4.52. The van der Waals surface area contributed by atoms with Gasteiger partial charge < -0.3 is 0 Å². The van der Waals surface area contributed by atoms with E-state index in [2.05, 4.69) is 29.3 Å². The van der Waals surface area contributed by atoms with Crippen LogP contribution in [0.2, 0.25) is 5.02 Å². The summed E-state index contributed by atoms with van der Waals surface area (Å²) < 4.78 is 0. The van der Waals surface area contributed by atoms with Gasteiger partial charge in [-0.3, -0.25) is 10.2 Å². The fourth-order valence-electron chi connectivity index (χ4n) is 3.73. The summed E-state index contributed by atoms with van der Waals surface area (Å²) >= 11 is 5.97. The highest BCUT2D eigenvalue weighted by atomic mass is 35.5. The van der Waals surface area contributed by atoms with Crippen molar-refractivity contribution < 1.29 is 0 Å². The van der Waals surface area contributed by atoms with Crippen LogP contribution in [0.5, 0.6) is 0 Å². The number of benzene rings is 1. The number of rotatable bonds is 2. The molecule has 2 aliphatic rings. The first-order valence-corrected chi connectivity index (χ1v) is 8.31. The number of hydrogen-bond acceptors (Lipinski definition) is 2. The van der Waals surface area contributed by atoms with Crippen molar-refractivity contribution in [2.24, 2.45) is 0 Å². The Morgan fingerprint density at radius 2 is 1.80 bits per heavy atom. The first kappa shape index (κ1) is 14.4. The molecule has 1 aromatic carbocycles. The van der Waals surface area contributed by atoms with E-state index in [1.54, 1.807) is 0 Å². The van der Waals surface area contributed by atoms with Crippen LogP contribution in [0, 0.1) is 0 Å². The summed E-state index contributed by atoms with van der Waals surface area (Å²) in [5.74, 6) is 0. The largest absolute Gasteiger partial charge is 0.299 e. The molecule has 1 atom stereocenters. The highest BCUT2D eigenvalue weighted by molar-refractivity contribution is 6.30. The minimum absolute atomic E-state index is 0.453. The van der Waals surface area contributed by atoms with Crippen LogP contribution in [0.15, 0.2) is 24.3 Å². The van der Waals surface area contributed by atoms with Gasteiger partial charge in [-0.05, 0) is 43.9 Å². The minimum Gasteiger partial charge on any atom is -0.299 e. The molecule has 1 saturated carbocycles. The van der Waals surface area contributed by atoms with Gasteiger partial charge in [0.25, 0.3) is 0 Å². The number of hydrogen-bond donors (Lipinski definition) is 1. The molecular weight excluding hydrogens is 268 g/mol. The average molecular weight is 293 g/mol. The molecule has 1 spiro atoms. The third kappa shape index (κ3) is 3.03. The maximum atomic E-state index is 5.97. The maximum Gasteiger partial charge on any atom is 0.0490 e. The summed E-state index contributed by atoms with van der Waals surface area (Å²) in [4.78, 5) is 2.54. The second kappa shape index (κ2) is 6.05. The van der Waals surface area contributed by atoms with Crippen molar-refractivity contribution in [1.82, 2.24) is 10.2 Å². The molecule has 0 radical (unpaired) electrons. The molecule has 110 valence electrons. The van der Waals surface area contributed by atoms with Gasteiger partial charge in [-0.25, -0.2) is 0 Å². The van der Waals surface area contributed by atoms with E-state index in [0.717, 1.165) is 11.7 Å². The lowest BCUT2D eigenvalue weighted by Crippen LogP contribution is -2.57. The van der Waals surface area contributed by atoms with Gasteiger partial charge in [-0.2, -0.15) is 0 Å². The molecule has 20 heavy (non-hydrogen) atoms. The zero-order valence-corrected chi connectivity index (χ0v) is 13.1. The highest BCUT2D eigenvalue weighted by Gasteiger charge is 2.36. The average Bonchev–Trinajstić information content (AvgIpc) is 2.49. The van der Waals surface area contributed by atoms with Gasteiger partial charge in [0, 0.05) is 29.8 Å². The Morgan fingerprint density at radius 1 is 1.10 bits per heavy atom. The Balaban J connectivity index is 1.61. The lowest BCUT2D eigenvalue weighted by Gasteiger charge is -2.47. The van der Waals surface area contributed by atoms with Gasteiger partial charge in [0.05, 0.1) is 0 Å². The number of nitrogens with zero attached hydrogens (tertiary/aromatic N) is 1. The molecule has 1 N–H and O–H groups in total. The van der Waals surface area contributed by atoms with Crippen LogP contribution < -0.4 is 5.32 Å². The minimum atomic E-state index is 0.453. The fourth-order valence-corrected chi connectivity index (χ4v) is 3.86. The molecule has 2 nitrogen and oxygen atoms in total. The molecule has 1 aromatic rings. The molecule has 1 aliphatic carbocycles. The van der Waals surface area contributed by atoms with Crippen molar-refractivity contribution in [3.05, 3.63) is 34.9 Å². The molecule has 0 aromatic heterocycles. The lowest BCUT2D eigenvalue weighted by atomic mass is 9.78. The van der Waals surface area contributed by atoms with E-state index in [0.29, 0.717) is 11.6 Å². The Hall–Kier alpha value is -0.570.